The van der Waals surface area contributed by atoms with Crippen LogP contribution in [0.3, 0.4) is 0 Å². The number of carbonyl (C=O) groups is 1. The first-order valence-electron chi connectivity index (χ1n) is 9.51. The summed E-state index contributed by atoms with van der Waals surface area (Å²) in [5, 5.41) is 10.8. The van der Waals surface area contributed by atoms with Crippen molar-refractivity contribution in [2.75, 3.05) is 5.32 Å². The molecule has 0 fully saturated rings. The first kappa shape index (κ1) is 19.5. The van der Waals surface area contributed by atoms with Crippen LogP contribution in [0, 0.1) is 19.7 Å². The molecule has 0 aliphatic rings. The Morgan fingerprint density at radius 2 is 1.80 bits per heavy atom. The molecule has 0 radical (unpaired) electrons. The number of carbonyl (C=O) groups excluding carboxylic acids is 1. The quantitative estimate of drug-likeness (QED) is 0.553. The minimum Gasteiger partial charge on any atom is -0.326 e. The molecule has 0 aliphatic heterocycles. The van der Waals surface area contributed by atoms with E-state index in [0.717, 1.165) is 16.8 Å². The third-order valence-corrected chi connectivity index (χ3v) is 5.01. The first-order valence-corrected chi connectivity index (χ1v) is 9.51. The minimum atomic E-state index is -0.366. The predicted molar refractivity (Wildman–Crippen MR) is 111 cm³/mol. The number of aryl methyl sites for hydroxylation is 3. The van der Waals surface area contributed by atoms with Crippen LogP contribution in [-0.4, -0.2) is 25.1 Å². The molecular weight excluding hydrogens is 385 g/mol. The highest BCUT2D eigenvalue weighted by Crippen LogP contribution is 2.14. The lowest BCUT2D eigenvalue weighted by atomic mass is 10.1. The Morgan fingerprint density at radius 1 is 1.03 bits per heavy atom. The van der Waals surface area contributed by atoms with E-state index in [4.69, 9.17) is 0 Å². The van der Waals surface area contributed by atoms with E-state index < -0.39 is 0 Å². The second-order valence-corrected chi connectivity index (χ2v) is 7.11. The molecule has 4 aromatic rings. The molecule has 30 heavy (non-hydrogen) atoms. The number of rotatable bonds is 5. The van der Waals surface area contributed by atoms with Gasteiger partial charge in [0.05, 0.1) is 0 Å². The van der Waals surface area contributed by atoms with Crippen LogP contribution in [0.1, 0.15) is 23.4 Å². The van der Waals surface area contributed by atoms with Crippen molar-refractivity contribution < 1.29 is 9.18 Å². The zero-order chi connectivity index (χ0) is 21.3. The lowest BCUT2D eigenvalue weighted by Gasteiger charge is -2.09. The number of nitrogens with one attached hydrogen (secondary N) is 1. The number of nitrogens with zero attached hydrogens (tertiary/aromatic N) is 4. The Labute approximate surface area is 171 Å². The molecule has 0 unspecified atom stereocenters. The Kier molecular flexibility index (Phi) is 5.14. The van der Waals surface area contributed by atoms with Gasteiger partial charge < -0.3 is 5.32 Å². The lowest BCUT2D eigenvalue weighted by Crippen LogP contribution is -2.20. The molecular formula is C22H20FN5O2. The van der Waals surface area contributed by atoms with Crippen molar-refractivity contribution in [1.29, 1.82) is 0 Å². The molecule has 4 rings (SSSR count). The fraction of sp³-hybridized carbons (Fsp3) is 0.182. The van der Waals surface area contributed by atoms with Crippen LogP contribution in [0.2, 0.25) is 0 Å². The van der Waals surface area contributed by atoms with E-state index in [9.17, 15) is 14.0 Å². The maximum atomic E-state index is 13.0. The van der Waals surface area contributed by atoms with Crippen LogP contribution in [-0.2, 0) is 11.2 Å². The maximum Gasteiger partial charge on any atom is 0.300 e. The minimum absolute atomic E-state index is 0.151. The van der Waals surface area contributed by atoms with Gasteiger partial charge in [-0.3, -0.25) is 18.6 Å². The van der Waals surface area contributed by atoms with Gasteiger partial charge in [-0.1, -0.05) is 6.07 Å². The zero-order valence-corrected chi connectivity index (χ0v) is 16.6. The zero-order valence-electron chi connectivity index (χ0n) is 16.6. The molecule has 2 aromatic carbocycles. The molecule has 0 saturated carbocycles. The highest BCUT2D eigenvalue weighted by molar-refractivity contribution is 5.90. The van der Waals surface area contributed by atoms with Gasteiger partial charge in [0, 0.05) is 36.6 Å². The standard InChI is InChI=1S/C22H20FN5O2/c1-14-3-8-18(13-15(14)2)27-11-12-28-19(25-26-21(28)22(27)30)9-10-20(29)24-17-6-4-16(23)5-7-17/h3-8,11-13H,9-10H2,1-2H3,(H,24,29). The summed E-state index contributed by atoms with van der Waals surface area (Å²) >= 11 is 0. The number of benzene rings is 2. The summed E-state index contributed by atoms with van der Waals surface area (Å²) in [6, 6.07) is 11.4. The van der Waals surface area contributed by atoms with Crippen molar-refractivity contribution in [3.63, 3.8) is 0 Å². The predicted octanol–water partition coefficient (Wildman–Crippen LogP) is 3.21. The van der Waals surface area contributed by atoms with Crippen molar-refractivity contribution in [3.05, 3.63) is 88.0 Å². The van der Waals surface area contributed by atoms with Crippen molar-refractivity contribution in [2.45, 2.75) is 26.7 Å². The molecule has 1 amide bonds. The SMILES string of the molecule is Cc1ccc(-n2ccn3c(CCC(=O)Nc4ccc(F)cc4)nnc3c2=O)cc1C. The van der Waals surface area contributed by atoms with E-state index in [-0.39, 0.29) is 29.4 Å². The van der Waals surface area contributed by atoms with E-state index >= 15 is 0 Å². The van der Waals surface area contributed by atoms with Gasteiger partial charge in [-0.25, -0.2) is 4.39 Å². The van der Waals surface area contributed by atoms with Gasteiger partial charge in [0.25, 0.3) is 0 Å². The van der Waals surface area contributed by atoms with E-state index in [0.29, 0.717) is 17.9 Å². The fourth-order valence-corrected chi connectivity index (χ4v) is 3.17. The van der Waals surface area contributed by atoms with Crippen molar-refractivity contribution in [1.82, 2.24) is 19.2 Å². The van der Waals surface area contributed by atoms with Crippen molar-refractivity contribution >= 4 is 17.2 Å². The summed E-state index contributed by atoms with van der Waals surface area (Å²) < 4.78 is 16.1. The number of fused-ring (bicyclic) bond motifs is 1. The Hall–Kier alpha value is -3.81. The molecule has 0 saturated heterocycles. The number of halogens is 1. The van der Waals surface area contributed by atoms with Crippen molar-refractivity contribution in [3.8, 4) is 5.69 Å². The van der Waals surface area contributed by atoms with Gasteiger partial charge in [0.15, 0.2) is 0 Å². The summed E-state index contributed by atoms with van der Waals surface area (Å²) in [6.45, 7) is 4.01. The molecule has 0 atom stereocenters. The molecule has 8 heteroatoms. The summed E-state index contributed by atoms with van der Waals surface area (Å²) in [7, 11) is 0. The van der Waals surface area contributed by atoms with Gasteiger partial charge in [-0.05, 0) is 61.4 Å². The largest absolute Gasteiger partial charge is 0.326 e. The molecule has 0 aliphatic carbocycles. The van der Waals surface area contributed by atoms with Crippen LogP contribution in [0.15, 0.2) is 59.7 Å². The van der Waals surface area contributed by atoms with Gasteiger partial charge in [-0.2, -0.15) is 0 Å². The lowest BCUT2D eigenvalue weighted by molar-refractivity contribution is -0.116. The maximum absolute atomic E-state index is 13.0. The summed E-state index contributed by atoms with van der Waals surface area (Å²) in [5.41, 5.74) is 3.43. The van der Waals surface area contributed by atoms with Crippen LogP contribution in [0.25, 0.3) is 11.3 Å². The van der Waals surface area contributed by atoms with Crippen molar-refractivity contribution in [2.24, 2.45) is 0 Å². The molecule has 1 N–H and O–H groups in total. The van der Waals surface area contributed by atoms with Gasteiger partial charge in [-0.15, -0.1) is 10.2 Å². The summed E-state index contributed by atoms with van der Waals surface area (Å²) in [5.74, 6) is -0.0835. The highest BCUT2D eigenvalue weighted by Gasteiger charge is 2.13. The Bertz CT molecular complexity index is 1290. The van der Waals surface area contributed by atoms with E-state index in [1.54, 1.807) is 16.8 Å². The number of anilines is 1. The highest BCUT2D eigenvalue weighted by atomic mass is 19.1. The van der Waals surface area contributed by atoms with Crippen LogP contribution >= 0.6 is 0 Å². The number of amides is 1. The average Bonchev–Trinajstić information content (AvgIpc) is 3.15. The number of hydrogen-bond acceptors (Lipinski definition) is 4. The summed E-state index contributed by atoms with van der Waals surface area (Å²) in [4.78, 5) is 25.0. The molecule has 7 nitrogen and oxygen atoms in total. The second-order valence-electron chi connectivity index (χ2n) is 7.11. The third-order valence-electron chi connectivity index (χ3n) is 5.01. The smallest absolute Gasteiger partial charge is 0.300 e. The third kappa shape index (κ3) is 3.84. The van der Waals surface area contributed by atoms with Crippen LogP contribution in [0.4, 0.5) is 10.1 Å². The Balaban J connectivity index is 1.52. The fourth-order valence-electron chi connectivity index (χ4n) is 3.17. The molecule has 2 heterocycles. The summed E-state index contributed by atoms with van der Waals surface area (Å²) in [6.07, 6.45) is 3.85. The van der Waals surface area contributed by atoms with Gasteiger partial charge in [0.2, 0.25) is 11.6 Å². The molecule has 0 bridgehead atoms. The second kappa shape index (κ2) is 7.90. The van der Waals surface area contributed by atoms with Gasteiger partial charge in [0.1, 0.15) is 11.6 Å². The Morgan fingerprint density at radius 3 is 2.53 bits per heavy atom. The van der Waals surface area contributed by atoms with E-state index in [1.165, 1.54) is 28.8 Å². The van der Waals surface area contributed by atoms with Gasteiger partial charge >= 0.3 is 5.56 Å². The number of aromatic nitrogens is 4. The normalized spacial score (nSPS) is 11.0. The molecule has 0 spiro atoms. The van der Waals surface area contributed by atoms with E-state index in [1.807, 2.05) is 32.0 Å². The average molecular weight is 405 g/mol. The van der Waals surface area contributed by atoms with Crippen LogP contribution < -0.4 is 10.9 Å². The van der Waals surface area contributed by atoms with E-state index in [2.05, 4.69) is 15.5 Å². The molecule has 152 valence electrons. The van der Waals surface area contributed by atoms with Crippen LogP contribution in [0.5, 0.6) is 0 Å². The number of hydrogen-bond donors (Lipinski definition) is 1. The monoisotopic (exact) mass is 405 g/mol. The molecule has 2 aromatic heterocycles. The topological polar surface area (TPSA) is 81.3 Å². The first-order chi connectivity index (χ1) is 14.4.